The van der Waals surface area contributed by atoms with Gasteiger partial charge < -0.3 is 9.88 Å². The zero-order chi connectivity index (χ0) is 16.9. The monoisotopic (exact) mass is 340 g/mol. The molecule has 3 rings (SSSR count). The van der Waals surface area contributed by atoms with Gasteiger partial charge in [-0.1, -0.05) is 36.9 Å². The number of hydrogen-bond donors (Lipinski definition) is 1. The largest absolute Gasteiger partial charge is 0.332 e. The van der Waals surface area contributed by atoms with E-state index in [9.17, 15) is 4.79 Å². The van der Waals surface area contributed by atoms with E-state index < -0.39 is 0 Å². The van der Waals surface area contributed by atoms with Crippen LogP contribution in [0.15, 0.2) is 53.9 Å². The lowest BCUT2D eigenvalue weighted by Gasteiger charge is -2.25. The standard InChI is InChI=1S/C18H20N4OS/c1-3-16(17(23)22(4-2)13-8-6-5-7-9-13)24-18-20-14-10-11-19-12-15(14)21-18/h5-12,16H,3-4H2,1-2H3,(H,20,21)/t16-/m0/s1. The van der Waals surface area contributed by atoms with Gasteiger partial charge in [0.2, 0.25) is 5.91 Å². The summed E-state index contributed by atoms with van der Waals surface area (Å²) in [4.78, 5) is 26.7. The summed E-state index contributed by atoms with van der Waals surface area (Å²) < 4.78 is 0. The zero-order valence-electron chi connectivity index (χ0n) is 13.8. The lowest BCUT2D eigenvalue weighted by Crippen LogP contribution is -2.37. The molecule has 124 valence electrons. The summed E-state index contributed by atoms with van der Waals surface area (Å²) in [7, 11) is 0. The van der Waals surface area contributed by atoms with Crippen LogP contribution in [0.3, 0.4) is 0 Å². The van der Waals surface area contributed by atoms with Gasteiger partial charge in [-0.3, -0.25) is 9.78 Å². The molecule has 0 saturated carbocycles. The Hall–Kier alpha value is -2.34. The number of hydrogen-bond acceptors (Lipinski definition) is 4. The zero-order valence-corrected chi connectivity index (χ0v) is 14.6. The minimum Gasteiger partial charge on any atom is -0.332 e. The molecule has 1 N–H and O–H groups in total. The number of amides is 1. The van der Waals surface area contributed by atoms with E-state index >= 15 is 0 Å². The molecule has 5 nitrogen and oxygen atoms in total. The van der Waals surface area contributed by atoms with Gasteiger partial charge in [-0.05, 0) is 31.5 Å². The maximum absolute atomic E-state index is 13.0. The summed E-state index contributed by atoms with van der Waals surface area (Å²) in [5.41, 5.74) is 2.68. The summed E-state index contributed by atoms with van der Waals surface area (Å²) in [5.74, 6) is 0.106. The molecule has 0 radical (unpaired) electrons. The number of pyridine rings is 1. The number of benzene rings is 1. The number of H-pyrrole nitrogens is 1. The van der Waals surface area contributed by atoms with Crippen LogP contribution in [0.1, 0.15) is 20.3 Å². The summed E-state index contributed by atoms with van der Waals surface area (Å²) >= 11 is 1.48. The van der Waals surface area contributed by atoms with Gasteiger partial charge in [-0.2, -0.15) is 0 Å². The van der Waals surface area contributed by atoms with Gasteiger partial charge in [0.05, 0.1) is 22.5 Å². The van der Waals surface area contributed by atoms with Crippen molar-refractivity contribution in [3.8, 4) is 0 Å². The molecular formula is C18H20N4OS. The fraction of sp³-hybridized carbons (Fsp3) is 0.278. The second-order valence-corrected chi connectivity index (χ2v) is 6.56. The number of rotatable bonds is 6. The molecule has 1 atom stereocenters. The first-order chi connectivity index (χ1) is 11.7. The van der Waals surface area contributed by atoms with E-state index in [0.29, 0.717) is 6.54 Å². The molecule has 0 aliphatic rings. The van der Waals surface area contributed by atoms with Crippen LogP contribution in [0.5, 0.6) is 0 Å². The second kappa shape index (κ2) is 7.49. The second-order valence-electron chi connectivity index (χ2n) is 5.37. The number of nitrogens with one attached hydrogen (secondary N) is 1. The Bertz CT molecular complexity index is 785. The third-order valence-corrected chi connectivity index (χ3v) is 5.05. The molecule has 24 heavy (non-hydrogen) atoms. The molecular weight excluding hydrogens is 320 g/mol. The first-order valence-corrected chi connectivity index (χ1v) is 8.93. The van der Waals surface area contributed by atoms with Crippen molar-refractivity contribution in [1.29, 1.82) is 0 Å². The number of fused-ring (bicyclic) bond motifs is 1. The number of aromatic amines is 1. The average Bonchev–Trinajstić information content (AvgIpc) is 3.03. The molecule has 0 aliphatic carbocycles. The van der Waals surface area contributed by atoms with Crippen molar-refractivity contribution in [2.24, 2.45) is 0 Å². The third-order valence-electron chi connectivity index (χ3n) is 3.81. The van der Waals surface area contributed by atoms with E-state index in [1.807, 2.05) is 55.1 Å². The van der Waals surface area contributed by atoms with Crippen molar-refractivity contribution in [3.05, 3.63) is 48.8 Å². The molecule has 6 heteroatoms. The van der Waals surface area contributed by atoms with E-state index in [0.717, 1.165) is 28.3 Å². The normalized spacial score (nSPS) is 12.2. The van der Waals surface area contributed by atoms with Crippen LogP contribution in [-0.4, -0.2) is 32.7 Å². The molecule has 2 aromatic heterocycles. The van der Waals surface area contributed by atoms with Crippen LogP contribution < -0.4 is 4.90 Å². The van der Waals surface area contributed by atoms with Crippen molar-refractivity contribution in [2.75, 3.05) is 11.4 Å². The Morgan fingerprint density at radius 2 is 2.04 bits per heavy atom. The van der Waals surface area contributed by atoms with Crippen LogP contribution in [0, 0.1) is 0 Å². The van der Waals surface area contributed by atoms with Gasteiger partial charge in [0.15, 0.2) is 5.16 Å². The highest BCUT2D eigenvalue weighted by Gasteiger charge is 2.25. The Balaban J connectivity index is 1.80. The SMILES string of the molecule is CC[C@H](Sc1nc2ccncc2[nH]1)C(=O)N(CC)c1ccccc1. The minimum absolute atomic E-state index is 0.106. The smallest absolute Gasteiger partial charge is 0.240 e. The van der Waals surface area contributed by atoms with Gasteiger partial charge in [0, 0.05) is 18.4 Å². The average molecular weight is 340 g/mol. The fourth-order valence-electron chi connectivity index (χ4n) is 2.58. The maximum atomic E-state index is 13.0. The molecule has 0 bridgehead atoms. The highest BCUT2D eigenvalue weighted by molar-refractivity contribution is 8.00. The molecule has 1 aromatic carbocycles. The van der Waals surface area contributed by atoms with E-state index in [2.05, 4.69) is 15.0 Å². The first-order valence-electron chi connectivity index (χ1n) is 8.05. The van der Waals surface area contributed by atoms with E-state index in [1.54, 1.807) is 12.4 Å². The molecule has 1 amide bonds. The van der Waals surface area contributed by atoms with Gasteiger partial charge in [0.1, 0.15) is 0 Å². The van der Waals surface area contributed by atoms with Crippen molar-refractivity contribution in [2.45, 2.75) is 30.7 Å². The fourth-order valence-corrected chi connectivity index (χ4v) is 3.56. The Kier molecular flexibility index (Phi) is 5.15. The lowest BCUT2D eigenvalue weighted by molar-refractivity contribution is -0.118. The summed E-state index contributed by atoms with van der Waals surface area (Å²) in [6, 6.07) is 11.6. The van der Waals surface area contributed by atoms with Crippen molar-refractivity contribution in [3.63, 3.8) is 0 Å². The lowest BCUT2D eigenvalue weighted by atomic mass is 10.2. The van der Waals surface area contributed by atoms with Crippen LogP contribution in [-0.2, 0) is 4.79 Å². The van der Waals surface area contributed by atoms with Gasteiger partial charge in [-0.15, -0.1) is 0 Å². The number of imidazole rings is 1. The number of para-hydroxylation sites is 1. The van der Waals surface area contributed by atoms with Crippen LogP contribution in [0.4, 0.5) is 5.69 Å². The minimum atomic E-state index is -0.182. The Morgan fingerprint density at radius 1 is 1.25 bits per heavy atom. The van der Waals surface area contributed by atoms with Gasteiger partial charge >= 0.3 is 0 Å². The summed E-state index contributed by atoms with van der Waals surface area (Å²) in [5, 5.41) is 0.570. The van der Waals surface area contributed by atoms with E-state index in [1.165, 1.54) is 11.8 Å². The third kappa shape index (κ3) is 3.43. The number of thioether (sulfide) groups is 1. The van der Waals surface area contributed by atoms with Gasteiger partial charge in [-0.25, -0.2) is 4.98 Å². The summed E-state index contributed by atoms with van der Waals surface area (Å²) in [6.07, 6.45) is 4.20. The molecule has 0 aliphatic heterocycles. The molecule has 0 fully saturated rings. The number of aromatic nitrogens is 3. The van der Waals surface area contributed by atoms with Crippen LogP contribution in [0.25, 0.3) is 11.0 Å². The molecule has 0 saturated heterocycles. The maximum Gasteiger partial charge on any atom is 0.240 e. The highest BCUT2D eigenvalue weighted by Crippen LogP contribution is 2.28. The number of carbonyl (C=O) groups excluding carboxylic acids is 1. The number of anilines is 1. The highest BCUT2D eigenvalue weighted by atomic mass is 32.2. The molecule has 2 heterocycles. The predicted molar refractivity (Wildman–Crippen MR) is 98.3 cm³/mol. The number of nitrogens with zero attached hydrogens (tertiary/aromatic N) is 3. The number of carbonyl (C=O) groups is 1. The topological polar surface area (TPSA) is 61.9 Å². The van der Waals surface area contributed by atoms with E-state index in [-0.39, 0.29) is 11.2 Å². The molecule has 0 spiro atoms. The summed E-state index contributed by atoms with van der Waals surface area (Å²) in [6.45, 7) is 4.66. The predicted octanol–water partition coefficient (Wildman–Crippen LogP) is 3.88. The molecule has 3 aromatic rings. The van der Waals surface area contributed by atoms with Crippen molar-refractivity contribution < 1.29 is 4.79 Å². The Morgan fingerprint density at radius 3 is 2.71 bits per heavy atom. The van der Waals surface area contributed by atoms with E-state index in [4.69, 9.17) is 0 Å². The first kappa shape index (κ1) is 16.5. The van der Waals surface area contributed by atoms with Crippen molar-refractivity contribution in [1.82, 2.24) is 15.0 Å². The van der Waals surface area contributed by atoms with Gasteiger partial charge in [0.25, 0.3) is 0 Å². The van der Waals surface area contributed by atoms with Crippen LogP contribution >= 0.6 is 11.8 Å². The van der Waals surface area contributed by atoms with Crippen molar-refractivity contribution >= 4 is 34.4 Å². The van der Waals surface area contributed by atoms with Crippen LogP contribution in [0.2, 0.25) is 0 Å². The Labute approximate surface area is 145 Å². The quantitative estimate of drug-likeness (QED) is 0.692. The molecule has 0 unspecified atom stereocenters.